The molecular formula is C12H6ClF6NO. The fourth-order valence-electron chi connectivity index (χ4n) is 1.98. The van der Waals surface area contributed by atoms with E-state index in [0.29, 0.717) is 5.56 Å². The molecule has 0 aliphatic heterocycles. The molecular weight excluding hydrogens is 324 g/mol. The highest BCUT2D eigenvalue weighted by Crippen LogP contribution is 2.40. The van der Waals surface area contributed by atoms with Crippen LogP contribution in [-0.4, -0.2) is 16.9 Å². The Morgan fingerprint density at radius 3 is 2.19 bits per heavy atom. The van der Waals surface area contributed by atoms with Gasteiger partial charge < -0.3 is 4.98 Å². The van der Waals surface area contributed by atoms with E-state index in [1.54, 1.807) is 4.98 Å². The zero-order chi connectivity index (χ0) is 16.2. The number of Topliss-reactive ketones (excluding diaryl/α,β-unsaturated/α-hetero) is 1. The third-order valence-electron chi connectivity index (χ3n) is 2.77. The molecule has 1 aromatic carbocycles. The molecule has 1 N–H and O–H groups in total. The van der Waals surface area contributed by atoms with Gasteiger partial charge in [-0.25, -0.2) is 0 Å². The average molecular weight is 330 g/mol. The number of hydrogen-bond acceptors (Lipinski definition) is 1. The van der Waals surface area contributed by atoms with Crippen LogP contribution in [0.25, 0.3) is 10.9 Å². The van der Waals surface area contributed by atoms with Crippen LogP contribution in [0.1, 0.15) is 21.6 Å². The lowest BCUT2D eigenvalue weighted by molar-refractivity contribution is -0.141. The zero-order valence-corrected chi connectivity index (χ0v) is 11.0. The first-order chi connectivity index (χ1) is 9.43. The quantitative estimate of drug-likeness (QED) is 0.586. The molecule has 9 heteroatoms. The summed E-state index contributed by atoms with van der Waals surface area (Å²) in [4.78, 5) is 13.1. The number of fused-ring (bicyclic) bond motifs is 1. The van der Waals surface area contributed by atoms with Gasteiger partial charge in [-0.05, 0) is 24.6 Å². The Balaban J connectivity index is 2.91. The number of aromatic amines is 1. The van der Waals surface area contributed by atoms with Crippen LogP contribution in [0, 0.1) is 6.92 Å². The van der Waals surface area contributed by atoms with Crippen molar-refractivity contribution in [3.63, 3.8) is 0 Å². The second-order valence-electron chi connectivity index (χ2n) is 4.37. The molecule has 0 radical (unpaired) electrons. The molecule has 0 fully saturated rings. The molecule has 0 spiro atoms. The van der Waals surface area contributed by atoms with Crippen molar-refractivity contribution in [3.8, 4) is 0 Å². The summed E-state index contributed by atoms with van der Waals surface area (Å²) in [5.41, 5.74) is -3.25. The third kappa shape index (κ3) is 2.72. The Labute approximate surface area is 118 Å². The number of carbonyl (C=O) groups excluding carboxylic acids is 1. The molecule has 0 saturated carbocycles. The first-order valence-corrected chi connectivity index (χ1v) is 5.81. The predicted octanol–water partition coefficient (Wildman–Crippen LogP) is 4.89. The Morgan fingerprint density at radius 2 is 1.71 bits per heavy atom. The molecule has 0 atom stereocenters. The minimum Gasteiger partial charge on any atom is -0.349 e. The summed E-state index contributed by atoms with van der Waals surface area (Å²) in [6, 6.07) is 2.33. The fourth-order valence-corrected chi connectivity index (χ4v) is 2.30. The van der Waals surface area contributed by atoms with Gasteiger partial charge >= 0.3 is 12.4 Å². The Hall–Kier alpha value is -1.70. The van der Waals surface area contributed by atoms with E-state index >= 15 is 0 Å². The standard InChI is InChI=1S/C12H6ClF6NO/c1-4-2-5-7(10(21)12(17,18)19)9(11(14,15)16)20-8(5)6(13)3-4/h2-3,20H,1H3. The van der Waals surface area contributed by atoms with E-state index in [1.807, 2.05) is 0 Å². The maximum absolute atomic E-state index is 12.9. The van der Waals surface area contributed by atoms with Gasteiger partial charge in [0.15, 0.2) is 0 Å². The maximum atomic E-state index is 12.9. The number of hydrogen-bond donors (Lipinski definition) is 1. The number of aryl methyl sites for hydroxylation is 1. The molecule has 0 unspecified atom stereocenters. The van der Waals surface area contributed by atoms with Crippen LogP contribution in [-0.2, 0) is 6.18 Å². The van der Waals surface area contributed by atoms with Crippen LogP contribution >= 0.6 is 11.6 Å². The second-order valence-corrected chi connectivity index (χ2v) is 4.78. The molecule has 0 aliphatic rings. The summed E-state index contributed by atoms with van der Waals surface area (Å²) in [6.45, 7) is 1.44. The summed E-state index contributed by atoms with van der Waals surface area (Å²) in [6.07, 6.45) is -10.6. The molecule has 21 heavy (non-hydrogen) atoms. The number of nitrogens with one attached hydrogen (secondary N) is 1. The van der Waals surface area contributed by atoms with Crippen molar-refractivity contribution in [3.05, 3.63) is 34.0 Å². The number of H-pyrrole nitrogens is 1. The van der Waals surface area contributed by atoms with Gasteiger partial charge in [0.25, 0.3) is 5.78 Å². The SMILES string of the molecule is Cc1cc(Cl)c2[nH]c(C(F)(F)F)c(C(=O)C(F)(F)F)c2c1. The van der Waals surface area contributed by atoms with E-state index in [4.69, 9.17) is 11.6 Å². The third-order valence-corrected chi connectivity index (χ3v) is 3.07. The maximum Gasteiger partial charge on any atom is 0.454 e. The topological polar surface area (TPSA) is 32.9 Å². The summed E-state index contributed by atoms with van der Waals surface area (Å²) in [7, 11) is 0. The molecule has 0 bridgehead atoms. The lowest BCUT2D eigenvalue weighted by Crippen LogP contribution is -2.25. The van der Waals surface area contributed by atoms with Crippen LogP contribution < -0.4 is 0 Å². The highest BCUT2D eigenvalue weighted by Gasteiger charge is 2.47. The highest BCUT2D eigenvalue weighted by atomic mass is 35.5. The van der Waals surface area contributed by atoms with E-state index in [-0.39, 0.29) is 10.5 Å². The zero-order valence-electron chi connectivity index (χ0n) is 10.2. The first-order valence-electron chi connectivity index (χ1n) is 5.43. The number of ketones is 1. The lowest BCUT2D eigenvalue weighted by Gasteiger charge is -2.09. The number of aromatic nitrogens is 1. The molecule has 2 rings (SSSR count). The predicted molar refractivity (Wildman–Crippen MR) is 63.4 cm³/mol. The van der Waals surface area contributed by atoms with Crippen molar-refractivity contribution in [2.24, 2.45) is 0 Å². The van der Waals surface area contributed by atoms with Crippen LogP contribution in [0.2, 0.25) is 5.02 Å². The van der Waals surface area contributed by atoms with Crippen LogP contribution in [0.5, 0.6) is 0 Å². The van der Waals surface area contributed by atoms with Gasteiger partial charge in [0.05, 0.1) is 16.1 Å². The minimum atomic E-state index is -5.43. The molecule has 0 amide bonds. The summed E-state index contributed by atoms with van der Waals surface area (Å²) < 4.78 is 76.3. The molecule has 1 aromatic heterocycles. The van der Waals surface area contributed by atoms with E-state index in [2.05, 4.69) is 0 Å². The van der Waals surface area contributed by atoms with Crippen molar-refractivity contribution in [1.29, 1.82) is 0 Å². The van der Waals surface area contributed by atoms with E-state index in [1.165, 1.54) is 13.0 Å². The van der Waals surface area contributed by atoms with Crippen LogP contribution in [0.4, 0.5) is 26.3 Å². The number of carbonyl (C=O) groups is 1. The van der Waals surface area contributed by atoms with E-state index in [9.17, 15) is 31.1 Å². The van der Waals surface area contributed by atoms with Gasteiger partial charge in [-0.1, -0.05) is 11.6 Å². The molecule has 0 saturated heterocycles. The number of halogens is 7. The number of rotatable bonds is 1. The van der Waals surface area contributed by atoms with Gasteiger partial charge in [0.2, 0.25) is 0 Å². The van der Waals surface area contributed by atoms with Crippen molar-refractivity contribution >= 4 is 28.3 Å². The molecule has 114 valence electrons. The first kappa shape index (κ1) is 15.7. The second kappa shape index (κ2) is 4.66. The average Bonchev–Trinajstić information content (AvgIpc) is 2.65. The smallest absolute Gasteiger partial charge is 0.349 e. The van der Waals surface area contributed by atoms with Gasteiger partial charge in [-0.2, -0.15) is 26.3 Å². The van der Waals surface area contributed by atoms with Gasteiger partial charge in [0.1, 0.15) is 5.69 Å². The normalized spacial score (nSPS) is 13.0. The lowest BCUT2D eigenvalue weighted by atomic mass is 10.0. The Bertz CT molecular complexity index is 728. The van der Waals surface area contributed by atoms with Crippen molar-refractivity contribution in [1.82, 2.24) is 4.98 Å². The van der Waals surface area contributed by atoms with Gasteiger partial charge in [-0.3, -0.25) is 4.79 Å². The van der Waals surface area contributed by atoms with Crippen LogP contribution in [0.15, 0.2) is 12.1 Å². The van der Waals surface area contributed by atoms with Crippen molar-refractivity contribution < 1.29 is 31.1 Å². The monoisotopic (exact) mass is 329 g/mol. The summed E-state index contributed by atoms with van der Waals surface area (Å²) in [5, 5.41) is -0.702. The Kier molecular flexibility index (Phi) is 3.48. The fraction of sp³-hybridized carbons (Fsp3) is 0.250. The molecule has 2 nitrogen and oxygen atoms in total. The van der Waals surface area contributed by atoms with Crippen LogP contribution in [0.3, 0.4) is 0 Å². The molecule has 1 heterocycles. The van der Waals surface area contributed by atoms with Crippen molar-refractivity contribution in [2.45, 2.75) is 19.3 Å². The minimum absolute atomic E-state index is 0.197. The molecule has 0 aliphatic carbocycles. The summed E-state index contributed by atoms with van der Waals surface area (Å²) in [5.74, 6) is -2.57. The van der Waals surface area contributed by atoms with Gasteiger partial charge in [-0.15, -0.1) is 0 Å². The molecule has 2 aromatic rings. The van der Waals surface area contributed by atoms with Gasteiger partial charge in [0, 0.05) is 5.39 Å². The highest BCUT2D eigenvalue weighted by molar-refractivity contribution is 6.36. The number of benzene rings is 1. The van der Waals surface area contributed by atoms with E-state index in [0.717, 1.165) is 6.07 Å². The van der Waals surface area contributed by atoms with Crippen molar-refractivity contribution in [2.75, 3.05) is 0 Å². The largest absolute Gasteiger partial charge is 0.454 e. The summed E-state index contributed by atoms with van der Waals surface area (Å²) >= 11 is 5.73. The van der Waals surface area contributed by atoms with E-state index < -0.39 is 34.8 Å². The number of alkyl halides is 6. The Morgan fingerprint density at radius 1 is 1.14 bits per heavy atom.